The molecule has 1 atom stereocenters. The molecule has 1 fully saturated rings. The minimum Gasteiger partial charge on any atom is -0.497 e. The van der Waals surface area contributed by atoms with E-state index in [-0.39, 0.29) is 0 Å². The summed E-state index contributed by atoms with van der Waals surface area (Å²) in [7, 11) is 3.28. The van der Waals surface area contributed by atoms with Gasteiger partial charge < -0.3 is 19.5 Å². The molecule has 0 aromatic heterocycles. The van der Waals surface area contributed by atoms with Gasteiger partial charge >= 0.3 is 0 Å². The first kappa shape index (κ1) is 16.1. The first-order valence-corrected chi connectivity index (χ1v) is 7.79. The Kier molecular flexibility index (Phi) is 5.48. The molecule has 118 valence electrons. The van der Waals surface area contributed by atoms with Gasteiger partial charge in [0.25, 0.3) is 0 Å². The van der Waals surface area contributed by atoms with Crippen molar-refractivity contribution in [2.75, 3.05) is 33.9 Å². The Hall–Kier alpha value is -1.26. The van der Waals surface area contributed by atoms with E-state index in [1.165, 1.54) is 0 Å². The van der Waals surface area contributed by atoms with Crippen molar-refractivity contribution in [3.63, 3.8) is 0 Å². The fourth-order valence-corrected chi connectivity index (χ4v) is 3.08. The highest BCUT2D eigenvalue weighted by Gasteiger charge is 2.32. The van der Waals surface area contributed by atoms with Crippen LogP contribution in [0.1, 0.15) is 38.2 Å². The molecule has 1 aliphatic rings. The number of benzene rings is 1. The van der Waals surface area contributed by atoms with Crippen LogP contribution < -0.4 is 9.47 Å². The molecule has 0 radical (unpaired) electrons. The van der Waals surface area contributed by atoms with Gasteiger partial charge in [-0.2, -0.15) is 0 Å². The number of aliphatic hydroxyl groups is 1. The van der Waals surface area contributed by atoms with Crippen molar-refractivity contribution in [3.05, 3.63) is 23.8 Å². The Morgan fingerprint density at radius 1 is 1.10 bits per heavy atom. The van der Waals surface area contributed by atoms with Gasteiger partial charge in [-0.15, -0.1) is 0 Å². The summed E-state index contributed by atoms with van der Waals surface area (Å²) >= 11 is 0. The minimum absolute atomic E-state index is 0.729. The van der Waals surface area contributed by atoms with Crippen LogP contribution in [-0.4, -0.2) is 43.9 Å². The molecular formula is C17H27NO3. The smallest absolute Gasteiger partial charge is 0.122 e. The van der Waals surface area contributed by atoms with E-state index in [9.17, 15) is 5.11 Å². The molecule has 1 unspecified atom stereocenters. The topological polar surface area (TPSA) is 41.9 Å². The summed E-state index contributed by atoms with van der Waals surface area (Å²) in [6, 6.07) is 5.70. The molecule has 1 aromatic carbocycles. The fourth-order valence-electron chi connectivity index (χ4n) is 3.08. The Morgan fingerprint density at radius 3 is 2.33 bits per heavy atom. The Balaban J connectivity index is 2.22. The van der Waals surface area contributed by atoms with Crippen molar-refractivity contribution in [2.45, 2.75) is 38.2 Å². The molecule has 0 bridgehead atoms. The van der Waals surface area contributed by atoms with E-state index < -0.39 is 5.60 Å². The molecular weight excluding hydrogens is 266 g/mol. The number of hydrogen-bond donors (Lipinski definition) is 1. The molecule has 1 aliphatic heterocycles. The standard InChI is InChI=1S/C17H27NO3/c1-4-8-18-9-5-6-17(19,7-10-18)14-11-15(20-2)13-16(12-14)21-3/h11-13,19H,4-10H2,1-3H3. The number of rotatable bonds is 5. The van der Waals surface area contributed by atoms with E-state index in [2.05, 4.69) is 11.8 Å². The second-order valence-electron chi connectivity index (χ2n) is 5.83. The fraction of sp³-hybridized carbons (Fsp3) is 0.647. The summed E-state index contributed by atoms with van der Waals surface area (Å²) in [6.07, 6.45) is 3.70. The van der Waals surface area contributed by atoms with Crippen LogP contribution in [0.4, 0.5) is 0 Å². The van der Waals surface area contributed by atoms with Crippen LogP contribution in [0.2, 0.25) is 0 Å². The van der Waals surface area contributed by atoms with Gasteiger partial charge in [0.05, 0.1) is 19.8 Å². The van der Waals surface area contributed by atoms with Crippen molar-refractivity contribution in [2.24, 2.45) is 0 Å². The van der Waals surface area contributed by atoms with Gasteiger partial charge in [0, 0.05) is 12.6 Å². The summed E-state index contributed by atoms with van der Waals surface area (Å²) < 4.78 is 10.6. The molecule has 4 nitrogen and oxygen atoms in total. The zero-order valence-corrected chi connectivity index (χ0v) is 13.4. The molecule has 1 aromatic rings. The SMILES string of the molecule is CCCN1CCCC(O)(c2cc(OC)cc(OC)c2)CC1. The lowest BCUT2D eigenvalue weighted by Gasteiger charge is -2.28. The van der Waals surface area contributed by atoms with E-state index in [0.29, 0.717) is 0 Å². The summed E-state index contributed by atoms with van der Waals surface area (Å²) in [5, 5.41) is 11.1. The highest BCUT2D eigenvalue weighted by molar-refractivity contribution is 5.41. The summed E-state index contributed by atoms with van der Waals surface area (Å²) in [5.41, 5.74) is 0.113. The zero-order chi connectivity index (χ0) is 15.3. The number of likely N-dealkylation sites (tertiary alicyclic amines) is 1. The van der Waals surface area contributed by atoms with Crippen molar-refractivity contribution in [3.8, 4) is 11.5 Å². The van der Waals surface area contributed by atoms with Gasteiger partial charge in [-0.25, -0.2) is 0 Å². The molecule has 0 spiro atoms. The lowest BCUT2D eigenvalue weighted by atomic mass is 9.86. The maximum Gasteiger partial charge on any atom is 0.122 e. The quantitative estimate of drug-likeness (QED) is 0.906. The summed E-state index contributed by atoms with van der Waals surface area (Å²) in [5.74, 6) is 1.46. The van der Waals surface area contributed by atoms with E-state index in [1.54, 1.807) is 14.2 Å². The average Bonchev–Trinajstić information content (AvgIpc) is 2.70. The maximum atomic E-state index is 11.1. The lowest BCUT2D eigenvalue weighted by molar-refractivity contribution is 0.0208. The van der Waals surface area contributed by atoms with Crippen LogP contribution in [0.15, 0.2) is 18.2 Å². The Morgan fingerprint density at radius 2 is 1.76 bits per heavy atom. The van der Waals surface area contributed by atoms with E-state index >= 15 is 0 Å². The summed E-state index contributed by atoms with van der Waals surface area (Å²) in [4.78, 5) is 2.44. The van der Waals surface area contributed by atoms with Crippen molar-refractivity contribution in [1.82, 2.24) is 4.90 Å². The lowest BCUT2D eigenvalue weighted by Crippen LogP contribution is -2.29. The first-order valence-electron chi connectivity index (χ1n) is 7.79. The van der Waals surface area contributed by atoms with Crippen LogP contribution in [0.25, 0.3) is 0 Å². The second-order valence-corrected chi connectivity index (χ2v) is 5.83. The first-order chi connectivity index (χ1) is 10.1. The van der Waals surface area contributed by atoms with E-state index in [0.717, 1.165) is 62.4 Å². The highest BCUT2D eigenvalue weighted by atomic mass is 16.5. The van der Waals surface area contributed by atoms with Crippen LogP contribution in [-0.2, 0) is 5.60 Å². The normalized spacial score (nSPS) is 23.6. The van der Waals surface area contributed by atoms with Gasteiger partial charge in [-0.05, 0) is 56.5 Å². The minimum atomic E-state index is -0.787. The van der Waals surface area contributed by atoms with Gasteiger partial charge in [-0.1, -0.05) is 6.92 Å². The third-order valence-electron chi connectivity index (χ3n) is 4.33. The van der Waals surface area contributed by atoms with Crippen molar-refractivity contribution < 1.29 is 14.6 Å². The molecule has 0 aliphatic carbocycles. The third-order valence-corrected chi connectivity index (χ3v) is 4.33. The predicted octanol–water partition coefficient (Wildman–Crippen LogP) is 2.79. The monoisotopic (exact) mass is 293 g/mol. The molecule has 4 heteroatoms. The number of ether oxygens (including phenoxy) is 2. The zero-order valence-electron chi connectivity index (χ0n) is 13.4. The Labute approximate surface area is 127 Å². The molecule has 21 heavy (non-hydrogen) atoms. The second kappa shape index (κ2) is 7.14. The maximum absolute atomic E-state index is 11.1. The van der Waals surface area contributed by atoms with Gasteiger partial charge in [0.1, 0.15) is 11.5 Å². The average molecular weight is 293 g/mol. The molecule has 0 amide bonds. The van der Waals surface area contributed by atoms with Gasteiger partial charge in [0.2, 0.25) is 0 Å². The van der Waals surface area contributed by atoms with E-state index in [4.69, 9.17) is 9.47 Å². The van der Waals surface area contributed by atoms with E-state index in [1.807, 2.05) is 18.2 Å². The van der Waals surface area contributed by atoms with Crippen LogP contribution in [0, 0.1) is 0 Å². The van der Waals surface area contributed by atoms with Crippen LogP contribution in [0.3, 0.4) is 0 Å². The number of methoxy groups -OCH3 is 2. The van der Waals surface area contributed by atoms with Crippen LogP contribution in [0.5, 0.6) is 11.5 Å². The molecule has 1 heterocycles. The third kappa shape index (κ3) is 3.89. The molecule has 2 rings (SSSR count). The van der Waals surface area contributed by atoms with Crippen molar-refractivity contribution in [1.29, 1.82) is 0 Å². The van der Waals surface area contributed by atoms with Crippen molar-refractivity contribution >= 4 is 0 Å². The Bertz CT molecular complexity index is 441. The highest BCUT2D eigenvalue weighted by Crippen LogP contribution is 2.36. The largest absolute Gasteiger partial charge is 0.497 e. The number of nitrogens with zero attached hydrogens (tertiary/aromatic N) is 1. The molecule has 1 saturated heterocycles. The molecule has 1 N–H and O–H groups in total. The summed E-state index contributed by atoms with van der Waals surface area (Å²) in [6.45, 7) is 5.31. The number of hydrogen-bond acceptors (Lipinski definition) is 4. The molecule has 0 saturated carbocycles. The predicted molar refractivity (Wildman–Crippen MR) is 84.0 cm³/mol. The van der Waals surface area contributed by atoms with Crippen LogP contribution >= 0.6 is 0 Å². The van der Waals surface area contributed by atoms with Gasteiger partial charge in [-0.3, -0.25) is 0 Å². The van der Waals surface area contributed by atoms with Gasteiger partial charge in [0.15, 0.2) is 0 Å².